The highest BCUT2D eigenvalue weighted by atomic mass is 16.7. The first-order valence-electron chi connectivity index (χ1n) is 27.7. The van der Waals surface area contributed by atoms with Crippen LogP contribution in [0, 0.1) is 29.6 Å². The summed E-state index contributed by atoms with van der Waals surface area (Å²) in [7, 11) is 4.65. The monoisotopic (exact) mass is 1040 g/mol. The van der Waals surface area contributed by atoms with Crippen LogP contribution in [0.25, 0.3) is 0 Å². The van der Waals surface area contributed by atoms with Crippen LogP contribution in [-0.4, -0.2) is 206 Å². The molecule has 418 valence electrons. The molecule has 0 aromatic rings. The number of rotatable bonds is 12. The van der Waals surface area contributed by atoms with Crippen LogP contribution in [0.3, 0.4) is 0 Å². The average Bonchev–Trinajstić information content (AvgIpc) is 3.92. The van der Waals surface area contributed by atoms with Gasteiger partial charge < -0.3 is 58.4 Å². The fourth-order valence-electron chi connectivity index (χ4n) is 12.3. The normalized spacial score (nSPS) is 37.3. The minimum atomic E-state index is -2.55. The van der Waals surface area contributed by atoms with Crippen molar-refractivity contribution in [2.45, 2.75) is 173 Å². The molecule has 6 aliphatic rings. The van der Waals surface area contributed by atoms with E-state index in [2.05, 4.69) is 9.80 Å². The molecule has 2 amide bonds. The van der Waals surface area contributed by atoms with Crippen LogP contribution >= 0.6 is 0 Å². The second kappa shape index (κ2) is 28.2. The number of carbonyl (C=O) groups is 5. The third kappa shape index (κ3) is 15.3. The molecule has 18 heteroatoms. The zero-order valence-corrected chi connectivity index (χ0v) is 45.7. The van der Waals surface area contributed by atoms with Crippen LogP contribution in [0.15, 0.2) is 35.5 Å². The smallest absolute Gasteiger partial charge is 0.410 e. The van der Waals surface area contributed by atoms with E-state index in [0.717, 1.165) is 44.8 Å². The number of piperidine rings is 1. The first-order chi connectivity index (χ1) is 35.4. The number of piperazine rings is 1. The van der Waals surface area contributed by atoms with Crippen molar-refractivity contribution in [3.05, 3.63) is 35.5 Å². The number of Topliss-reactive ketones (excluding diaryl/α,β-unsaturated/α-hetero) is 2. The van der Waals surface area contributed by atoms with E-state index in [-0.39, 0.29) is 56.1 Å². The van der Waals surface area contributed by atoms with Crippen molar-refractivity contribution in [2.75, 3.05) is 86.8 Å². The quantitative estimate of drug-likeness (QED) is 0.135. The van der Waals surface area contributed by atoms with Gasteiger partial charge in [0.25, 0.3) is 11.7 Å². The molecule has 4 saturated heterocycles. The van der Waals surface area contributed by atoms with Gasteiger partial charge in [-0.05, 0) is 121 Å². The number of allylic oxidation sites excluding steroid dienone is 4. The van der Waals surface area contributed by atoms with Gasteiger partial charge >= 0.3 is 12.1 Å². The molecule has 6 rings (SSSR count). The van der Waals surface area contributed by atoms with Gasteiger partial charge in [0.15, 0.2) is 0 Å². The summed E-state index contributed by atoms with van der Waals surface area (Å²) in [4.78, 5) is 79.2. The molecule has 1 saturated carbocycles. The highest BCUT2D eigenvalue weighted by Gasteiger charge is 2.57. The molecule has 5 aliphatic heterocycles. The van der Waals surface area contributed by atoms with E-state index in [1.807, 2.05) is 32.9 Å². The van der Waals surface area contributed by atoms with Gasteiger partial charge in [0.2, 0.25) is 5.79 Å². The summed E-state index contributed by atoms with van der Waals surface area (Å²) in [5.74, 6) is -8.24. The van der Waals surface area contributed by atoms with Gasteiger partial charge in [-0.1, -0.05) is 50.6 Å². The van der Waals surface area contributed by atoms with E-state index in [1.54, 1.807) is 38.0 Å². The molecule has 1 aliphatic carbocycles. The average molecular weight is 1040 g/mol. The number of nitrogens with zero attached hydrogens (tertiary/aromatic N) is 4. The summed E-state index contributed by atoms with van der Waals surface area (Å²) >= 11 is 0. The molecule has 14 atom stereocenters. The van der Waals surface area contributed by atoms with Crippen molar-refractivity contribution in [3.8, 4) is 0 Å². The SMILES string of the molecule is CO[C@H]1C[C@@H](C)C/C(C)=C/[C@@H](C/C=C/CO)C(=O)C[C@H](O)[C@@H](C)[C@@H](/C(C)=C/[C@@H]2CC[C@@H](OC(=O)N3CCN(CCN4CCCC4)CC3)[C@H](OC)C2)OC(=O)[C@@H]2CCCCN2C(=O)C(=O)[C@]2(O)O[C@H]1[C@@H](OC)C[C@H]2C. The molecule has 0 radical (unpaired) electrons. The lowest BCUT2D eigenvalue weighted by Gasteiger charge is -2.47. The molecular weight excluding hydrogens is 953 g/mol. The van der Waals surface area contributed by atoms with Gasteiger partial charge in [0.1, 0.15) is 30.1 Å². The fraction of sp³-hybridized carbons (Fsp3) is 0.804. The van der Waals surface area contributed by atoms with E-state index in [0.29, 0.717) is 70.0 Å². The lowest BCUT2D eigenvalue weighted by Crippen LogP contribution is -2.64. The first-order valence-corrected chi connectivity index (χ1v) is 27.7. The Morgan fingerprint density at radius 1 is 0.797 bits per heavy atom. The lowest BCUT2D eigenvalue weighted by atomic mass is 9.81. The Labute approximate surface area is 440 Å². The van der Waals surface area contributed by atoms with Crippen molar-refractivity contribution in [2.24, 2.45) is 29.6 Å². The van der Waals surface area contributed by atoms with Crippen LogP contribution in [-0.2, 0) is 47.6 Å². The second-order valence-corrected chi connectivity index (χ2v) is 22.4. The molecule has 5 heterocycles. The van der Waals surface area contributed by atoms with Crippen molar-refractivity contribution in [1.29, 1.82) is 0 Å². The molecule has 74 heavy (non-hydrogen) atoms. The van der Waals surface area contributed by atoms with Gasteiger partial charge in [-0.3, -0.25) is 19.3 Å². The lowest BCUT2D eigenvalue weighted by molar-refractivity contribution is -0.302. The number of aliphatic hydroxyl groups is 3. The number of methoxy groups -OCH3 is 3. The Balaban J connectivity index is 1.24. The number of hydrogen-bond acceptors (Lipinski definition) is 16. The maximum Gasteiger partial charge on any atom is 0.410 e. The number of esters is 1. The van der Waals surface area contributed by atoms with Crippen molar-refractivity contribution < 1.29 is 67.7 Å². The molecule has 3 N–H and O–H groups in total. The van der Waals surface area contributed by atoms with Crippen molar-refractivity contribution in [3.63, 3.8) is 0 Å². The first kappa shape index (κ1) is 59.7. The molecule has 0 unspecified atom stereocenters. The number of aliphatic hydroxyl groups excluding tert-OH is 2. The zero-order valence-electron chi connectivity index (χ0n) is 45.7. The summed E-state index contributed by atoms with van der Waals surface area (Å²) in [5, 5.41) is 33.8. The van der Waals surface area contributed by atoms with Crippen molar-refractivity contribution in [1.82, 2.24) is 19.6 Å². The number of ketones is 2. The van der Waals surface area contributed by atoms with Gasteiger partial charge in [0, 0.05) is 91.3 Å². The fourth-order valence-corrected chi connectivity index (χ4v) is 12.3. The second-order valence-electron chi connectivity index (χ2n) is 22.4. The summed E-state index contributed by atoms with van der Waals surface area (Å²) in [6.07, 6.45) is 8.18. The van der Waals surface area contributed by atoms with Crippen LogP contribution in [0.4, 0.5) is 4.79 Å². The minimum Gasteiger partial charge on any atom is -0.456 e. The van der Waals surface area contributed by atoms with Crippen LogP contribution in [0.1, 0.15) is 118 Å². The number of hydrogen-bond donors (Lipinski definition) is 3. The van der Waals surface area contributed by atoms with Crippen LogP contribution in [0.5, 0.6) is 0 Å². The third-order valence-electron chi connectivity index (χ3n) is 16.9. The maximum absolute atomic E-state index is 14.7. The Bertz CT molecular complexity index is 1970. The number of likely N-dealkylation sites (tertiary alicyclic amines) is 1. The number of carbonyl (C=O) groups excluding carboxylic acids is 5. The molecular formula is C56H90N4O14. The summed E-state index contributed by atoms with van der Waals surface area (Å²) in [5.41, 5.74) is 1.54. The summed E-state index contributed by atoms with van der Waals surface area (Å²) in [6.45, 7) is 16.2. The Morgan fingerprint density at radius 3 is 2.11 bits per heavy atom. The molecule has 2 bridgehead atoms. The number of amides is 2. The number of fused-ring (bicyclic) bond motifs is 3. The predicted octanol–water partition coefficient (Wildman–Crippen LogP) is 4.86. The van der Waals surface area contributed by atoms with Crippen molar-refractivity contribution >= 4 is 29.5 Å². The van der Waals surface area contributed by atoms with E-state index in [9.17, 15) is 39.3 Å². The summed E-state index contributed by atoms with van der Waals surface area (Å²) in [6, 6.07) is -1.19. The largest absolute Gasteiger partial charge is 0.456 e. The molecule has 0 aromatic carbocycles. The Morgan fingerprint density at radius 2 is 1.45 bits per heavy atom. The zero-order chi connectivity index (χ0) is 53.7. The topological polar surface area (TPSA) is 214 Å². The standard InChI is InChI=1S/C56H90N4O14/c1-36-29-37(2)31-48(70-7)51-49(71-8)33-39(4)56(68,74-51)52(64)53(65)60-21-11-9-16-43(60)54(66)73-50(40(5)44(62)35-45(63)42(30-36)15-10-14-28-61)38(3)32-41-17-18-46(47(34-41)69-6)72-55(67)59-26-24-58(25-27-59)23-22-57-19-12-13-20-57/h10,14,30,32,37,39-44,46-51,61-62,68H,9,11-13,15-29,31,33-35H2,1-8H3/b14-10+,36-30+,38-32+/t37-,39+,40+,41-,42+,43-,44-,46+,47+,48-,49-,50+,51+,56+/m0/s1. The van der Waals surface area contributed by atoms with E-state index < -0.39 is 90.0 Å². The number of ether oxygens (including phenoxy) is 6. The minimum absolute atomic E-state index is 0.0387. The maximum atomic E-state index is 14.7. The predicted molar refractivity (Wildman–Crippen MR) is 277 cm³/mol. The molecule has 0 aromatic heterocycles. The molecule has 0 spiro atoms. The molecule has 5 fully saturated rings. The van der Waals surface area contributed by atoms with E-state index in [4.69, 9.17) is 28.4 Å². The summed E-state index contributed by atoms with van der Waals surface area (Å²) < 4.78 is 36.6. The van der Waals surface area contributed by atoms with Crippen LogP contribution < -0.4 is 0 Å². The third-order valence-corrected chi connectivity index (χ3v) is 16.9. The molecule has 18 nitrogen and oxygen atoms in total. The van der Waals surface area contributed by atoms with Gasteiger partial charge in [-0.2, -0.15) is 0 Å². The highest BCUT2D eigenvalue weighted by Crippen LogP contribution is 2.40. The van der Waals surface area contributed by atoms with Gasteiger partial charge in [0.05, 0.1) is 31.0 Å². The Kier molecular flexibility index (Phi) is 22.7. The van der Waals surface area contributed by atoms with E-state index >= 15 is 0 Å². The van der Waals surface area contributed by atoms with Crippen LogP contribution in [0.2, 0.25) is 0 Å². The highest BCUT2D eigenvalue weighted by molar-refractivity contribution is 6.39. The van der Waals surface area contributed by atoms with Gasteiger partial charge in [-0.25, -0.2) is 9.59 Å². The number of cyclic esters (lactones) is 1. The van der Waals surface area contributed by atoms with E-state index in [1.165, 1.54) is 32.0 Å². The Hall–Kier alpha value is -3.59. The van der Waals surface area contributed by atoms with Gasteiger partial charge in [-0.15, -0.1) is 0 Å².